The molecule has 132 valence electrons. The molecule has 0 aromatic heterocycles. The molecule has 6 heteroatoms. The number of benzene rings is 2. The third-order valence-corrected chi connectivity index (χ3v) is 4.41. The monoisotopic (exact) mass is 362 g/mol. The average Bonchev–Trinajstić information content (AvgIpc) is 3.15. The molecule has 1 fully saturated rings. The summed E-state index contributed by atoms with van der Waals surface area (Å²) in [6, 6.07) is 12.3. The molecule has 2 aromatic carbocycles. The highest BCUT2D eigenvalue weighted by molar-refractivity contribution is 6.15. The van der Waals surface area contributed by atoms with Gasteiger partial charge in [-0.3, -0.25) is 9.59 Å². The van der Waals surface area contributed by atoms with Gasteiger partial charge in [0.05, 0.1) is 5.56 Å². The van der Waals surface area contributed by atoms with E-state index in [1.54, 1.807) is 36.2 Å². The van der Waals surface area contributed by atoms with Crippen molar-refractivity contribution in [2.75, 3.05) is 20.1 Å². The topological polar surface area (TPSA) is 49.4 Å². The van der Waals surface area contributed by atoms with E-state index in [4.69, 9.17) is 0 Å². The van der Waals surface area contributed by atoms with Crippen molar-refractivity contribution in [3.05, 3.63) is 71.0 Å². The van der Waals surface area contributed by atoms with Crippen LogP contribution in [-0.4, -0.2) is 42.8 Å². The van der Waals surface area contributed by atoms with Gasteiger partial charge in [0.15, 0.2) is 5.78 Å². The van der Waals surface area contributed by atoms with Gasteiger partial charge in [-0.05, 0) is 43.3 Å². The number of nitrogens with one attached hydrogen (secondary N) is 1. The van der Waals surface area contributed by atoms with Crippen molar-refractivity contribution in [1.29, 1.82) is 0 Å². The number of rotatable bonds is 4. The molecule has 1 unspecified atom stereocenters. The number of halogens is 2. The Hall–Kier alpha value is -2.24. The summed E-state index contributed by atoms with van der Waals surface area (Å²) in [5.74, 6) is -0.851. The Morgan fingerprint density at radius 3 is 2.32 bits per heavy atom. The van der Waals surface area contributed by atoms with Crippen LogP contribution in [0.25, 0.3) is 0 Å². The highest BCUT2D eigenvalue weighted by atomic mass is 35.5. The lowest BCUT2D eigenvalue weighted by Gasteiger charge is -2.24. The summed E-state index contributed by atoms with van der Waals surface area (Å²) in [6.45, 7) is 1.65. The second kappa shape index (κ2) is 8.23. The Labute approximate surface area is 152 Å². The van der Waals surface area contributed by atoms with E-state index in [0.717, 1.165) is 19.5 Å². The first-order chi connectivity index (χ1) is 11.6. The quantitative estimate of drug-likeness (QED) is 0.851. The van der Waals surface area contributed by atoms with Crippen LogP contribution < -0.4 is 5.32 Å². The van der Waals surface area contributed by atoms with Crippen LogP contribution in [-0.2, 0) is 0 Å². The van der Waals surface area contributed by atoms with E-state index in [0.29, 0.717) is 16.7 Å². The first kappa shape index (κ1) is 19.1. The zero-order valence-corrected chi connectivity index (χ0v) is 14.7. The van der Waals surface area contributed by atoms with Gasteiger partial charge in [0, 0.05) is 30.8 Å². The molecule has 3 rings (SSSR count). The zero-order valence-electron chi connectivity index (χ0n) is 13.9. The third kappa shape index (κ3) is 4.06. The Bertz CT molecular complexity index is 758. The van der Waals surface area contributed by atoms with Gasteiger partial charge in [0.2, 0.25) is 0 Å². The van der Waals surface area contributed by atoms with Crippen LogP contribution in [0.1, 0.15) is 32.7 Å². The van der Waals surface area contributed by atoms with E-state index in [9.17, 15) is 14.0 Å². The van der Waals surface area contributed by atoms with Crippen LogP contribution in [0.2, 0.25) is 0 Å². The van der Waals surface area contributed by atoms with Gasteiger partial charge in [0.1, 0.15) is 5.82 Å². The summed E-state index contributed by atoms with van der Waals surface area (Å²) in [4.78, 5) is 27.2. The first-order valence-electron chi connectivity index (χ1n) is 7.95. The van der Waals surface area contributed by atoms with Crippen molar-refractivity contribution in [3.63, 3.8) is 0 Å². The van der Waals surface area contributed by atoms with E-state index in [-0.39, 0.29) is 30.1 Å². The molecule has 1 atom stereocenters. The molecule has 25 heavy (non-hydrogen) atoms. The molecule has 0 spiro atoms. The minimum absolute atomic E-state index is 0. The molecule has 0 aliphatic carbocycles. The number of likely N-dealkylation sites (N-methyl/N-ethyl adjacent to an activating group) is 1. The predicted molar refractivity (Wildman–Crippen MR) is 96.9 cm³/mol. The summed E-state index contributed by atoms with van der Waals surface area (Å²) in [5.41, 5.74) is 1.08. The molecule has 1 saturated heterocycles. The van der Waals surface area contributed by atoms with Gasteiger partial charge >= 0.3 is 0 Å². The van der Waals surface area contributed by atoms with E-state index >= 15 is 0 Å². The van der Waals surface area contributed by atoms with E-state index < -0.39 is 5.82 Å². The van der Waals surface area contributed by atoms with Crippen molar-refractivity contribution in [1.82, 2.24) is 10.2 Å². The van der Waals surface area contributed by atoms with Crippen LogP contribution >= 0.6 is 12.4 Å². The summed E-state index contributed by atoms with van der Waals surface area (Å²) >= 11 is 0. The number of ketones is 1. The number of carbonyl (C=O) groups is 2. The second-order valence-electron chi connectivity index (χ2n) is 5.94. The minimum Gasteiger partial charge on any atom is -0.337 e. The molecule has 1 heterocycles. The van der Waals surface area contributed by atoms with Crippen LogP contribution in [0.4, 0.5) is 4.39 Å². The molecule has 1 amide bonds. The Balaban J connectivity index is 0.00000225. The molecule has 0 radical (unpaired) electrons. The van der Waals surface area contributed by atoms with Gasteiger partial charge in [-0.25, -0.2) is 4.39 Å². The van der Waals surface area contributed by atoms with Crippen molar-refractivity contribution in [2.24, 2.45) is 0 Å². The van der Waals surface area contributed by atoms with Gasteiger partial charge in [-0.15, -0.1) is 12.4 Å². The lowest BCUT2D eigenvalue weighted by molar-refractivity contribution is 0.0739. The molecule has 4 nitrogen and oxygen atoms in total. The first-order valence-corrected chi connectivity index (χ1v) is 7.95. The summed E-state index contributed by atoms with van der Waals surface area (Å²) in [6.07, 6.45) is 0.899. The fourth-order valence-electron chi connectivity index (χ4n) is 2.95. The smallest absolute Gasteiger partial charge is 0.254 e. The van der Waals surface area contributed by atoms with Crippen molar-refractivity contribution in [2.45, 2.75) is 12.5 Å². The fraction of sp³-hybridized carbons (Fsp3) is 0.263. The Morgan fingerprint density at radius 2 is 1.72 bits per heavy atom. The zero-order chi connectivity index (χ0) is 17.1. The standard InChI is InChI=1S/C19H19FN2O2.ClH/c1-22(15-10-11-21-12-15)19(24)17-5-3-2-4-16(17)18(23)13-6-8-14(20)9-7-13;/h2-9,15,21H,10-12H2,1H3;1H. The lowest BCUT2D eigenvalue weighted by atomic mass is 9.97. The number of carbonyl (C=O) groups excluding carboxylic acids is 2. The van der Waals surface area contributed by atoms with Gasteiger partial charge < -0.3 is 10.2 Å². The third-order valence-electron chi connectivity index (χ3n) is 4.41. The largest absolute Gasteiger partial charge is 0.337 e. The lowest BCUT2D eigenvalue weighted by Crippen LogP contribution is -2.39. The summed E-state index contributed by atoms with van der Waals surface area (Å²) in [5, 5.41) is 3.23. The van der Waals surface area contributed by atoms with E-state index in [1.165, 1.54) is 24.3 Å². The van der Waals surface area contributed by atoms with E-state index in [1.807, 2.05) is 0 Å². The van der Waals surface area contributed by atoms with Crippen molar-refractivity contribution in [3.8, 4) is 0 Å². The average molecular weight is 363 g/mol. The van der Waals surface area contributed by atoms with Crippen LogP contribution in [0, 0.1) is 5.82 Å². The maximum Gasteiger partial charge on any atom is 0.254 e. The maximum atomic E-state index is 13.1. The molecule has 1 aliphatic heterocycles. The van der Waals surface area contributed by atoms with Gasteiger partial charge in [-0.2, -0.15) is 0 Å². The molecule has 0 bridgehead atoms. The second-order valence-corrected chi connectivity index (χ2v) is 5.94. The molecule has 0 saturated carbocycles. The molecular formula is C19H20ClFN2O2. The minimum atomic E-state index is -0.399. The SMILES string of the molecule is CN(C(=O)c1ccccc1C(=O)c1ccc(F)cc1)C1CCNC1.Cl. The molecular weight excluding hydrogens is 343 g/mol. The molecule has 2 aromatic rings. The summed E-state index contributed by atoms with van der Waals surface area (Å²) in [7, 11) is 1.76. The summed E-state index contributed by atoms with van der Waals surface area (Å²) < 4.78 is 13.1. The highest BCUT2D eigenvalue weighted by Crippen LogP contribution is 2.19. The van der Waals surface area contributed by atoms with Crippen LogP contribution in [0.5, 0.6) is 0 Å². The van der Waals surface area contributed by atoms with E-state index in [2.05, 4.69) is 5.32 Å². The highest BCUT2D eigenvalue weighted by Gasteiger charge is 2.26. The molecule has 1 N–H and O–H groups in total. The predicted octanol–water partition coefficient (Wildman–Crippen LogP) is 2.91. The van der Waals surface area contributed by atoms with Crippen LogP contribution in [0.15, 0.2) is 48.5 Å². The number of hydrogen-bond donors (Lipinski definition) is 1. The Kier molecular flexibility index (Phi) is 6.28. The molecule has 1 aliphatic rings. The normalized spacial score (nSPS) is 16.2. The van der Waals surface area contributed by atoms with Crippen molar-refractivity contribution < 1.29 is 14.0 Å². The number of amides is 1. The number of hydrogen-bond acceptors (Lipinski definition) is 3. The van der Waals surface area contributed by atoms with Crippen LogP contribution in [0.3, 0.4) is 0 Å². The van der Waals surface area contributed by atoms with Crippen molar-refractivity contribution >= 4 is 24.1 Å². The Morgan fingerprint density at radius 1 is 1.08 bits per heavy atom. The fourth-order valence-corrected chi connectivity index (χ4v) is 2.95. The number of nitrogens with zero attached hydrogens (tertiary/aromatic N) is 1. The maximum absolute atomic E-state index is 13.1. The van der Waals surface area contributed by atoms with Gasteiger partial charge in [-0.1, -0.05) is 18.2 Å². The van der Waals surface area contributed by atoms with Gasteiger partial charge in [0.25, 0.3) is 5.91 Å².